The molecule has 1 amide bonds. The fraction of sp³-hybridized carbons (Fsp3) is 0.467. The fourth-order valence-electron chi connectivity index (χ4n) is 1.89. The van der Waals surface area contributed by atoms with E-state index in [4.69, 9.17) is 4.74 Å². The average molecular weight is 279 g/mol. The summed E-state index contributed by atoms with van der Waals surface area (Å²) in [5.74, 6) is -0.678. The lowest BCUT2D eigenvalue weighted by Crippen LogP contribution is -2.28. The standard InChI is InChI=1S/C15H18FNO3/c1-9-3-4-11(6-13(9)16)7-17-14(18)8-20-15(19)12-5-10(12)2/h3-4,6,10,12H,5,7-8H2,1-2H3,(H,17,18)/t10-,12+/m0/s1. The summed E-state index contributed by atoms with van der Waals surface area (Å²) in [4.78, 5) is 22.9. The first-order valence-corrected chi connectivity index (χ1v) is 6.65. The molecule has 4 nitrogen and oxygen atoms in total. The molecule has 1 aliphatic carbocycles. The normalized spacial score (nSPS) is 20.4. The van der Waals surface area contributed by atoms with Crippen molar-refractivity contribution in [2.75, 3.05) is 6.61 Å². The van der Waals surface area contributed by atoms with Crippen LogP contribution in [0, 0.1) is 24.6 Å². The second-order valence-electron chi connectivity index (χ2n) is 5.29. The predicted octanol–water partition coefficient (Wildman–Crippen LogP) is 1.95. The van der Waals surface area contributed by atoms with Gasteiger partial charge in [0.1, 0.15) is 5.82 Å². The molecule has 0 unspecified atom stereocenters. The minimum Gasteiger partial charge on any atom is -0.455 e. The molecule has 0 radical (unpaired) electrons. The molecule has 1 N–H and O–H groups in total. The molecule has 1 fully saturated rings. The third kappa shape index (κ3) is 3.79. The van der Waals surface area contributed by atoms with Crippen molar-refractivity contribution >= 4 is 11.9 Å². The Kier molecular flexibility index (Phi) is 4.37. The van der Waals surface area contributed by atoms with E-state index in [9.17, 15) is 14.0 Å². The summed E-state index contributed by atoms with van der Waals surface area (Å²) in [5, 5.41) is 2.59. The Balaban J connectivity index is 1.72. The molecule has 1 aromatic rings. The molecule has 1 saturated carbocycles. The molecule has 2 atom stereocenters. The van der Waals surface area contributed by atoms with Gasteiger partial charge in [-0.2, -0.15) is 0 Å². The zero-order valence-corrected chi connectivity index (χ0v) is 11.6. The van der Waals surface area contributed by atoms with Crippen molar-refractivity contribution < 1.29 is 18.7 Å². The van der Waals surface area contributed by atoms with Crippen LogP contribution in [-0.4, -0.2) is 18.5 Å². The maximum atomic E-state index is 13.3. The molecular formula is C15H18FNO3. The van der Waals surface area contributed by atoms with Crippen molar-refractivity contribution in [1.29, 1.82) is 0 Å². The molecule has 20 heavy (non-hydrogen) atoms. The summed E-state index contributed by atoms with van der Waals surface area (Å²) in [5.41, 5.74) is 1.23. The fourth-order valence-corrected chi connectivity index (χ4v) is 1.89. The van der Waals surface area contributed by atoms with E-state index < -0.39 is 0 Å². The number of esters is 1. The SMILES string of the molecule is Cc1ccc(CNC(=O)COC(=O)[C@@H]2C[C@@H]2C)cc1F. The number of nitrogens with one attached hydrogen (secondary N) is 1. The highest BCUT2D eigenvalue weighted by Gasteiger charge is 2.40. The van der Waals surface area contributed by atoms with E-state index in [1.54, 1.807) is 19.1 Å². The Morgan fingerprint density at radius 1 is 1.45 bits per heavy atom. The molecule has 0 bridgehead atoms. The van der Waals surface area contributed by atoms with Crippen molar-refractivity contribution in [2.45, 2.75) is 26.8 Å². The Morgan fingerprint density at radius 3 is 2.75 bits per heavy atom. The molecule has 0 aromatic heterocycles. The van der Waals surface area contributed by atoms with Gasteiger partial charge in [-0.25, -0.2) is 4.39 Å². The van der Waals surface area contributed by atoms with Gasteiger partial charge in [-0.15, -0.1) is 0 Å². The maximum Gasteiger partial charge on any atom is 0.309 e. The summed E-state index contributed by atoms with van der Waals surface area (Å²) in [6.45, 7) is 3.58. The molecule has 2 rings (SSSR count). The summed E-state index contributed by atoms with van der Waals surface area (Å²) in [6, 6.07) is 4.79. The van der Waals surface area contributed by atoms with Gasteiger partial charge in [0.15, 0.2) is 6.61 Å². The second-order valence-corrected chi connectivity index (χ2v) is 5.29. The number of halogens is 1. The number of benzene rings is 1. The average Bonchev–Trinajstić information content (AvgIpc) is 3.14. The Morgan fingerprint density at radius 2 is 2.15 bits per heavy atom. The molecule has 5 heteroatoms. The Labute approximate surface area is 117 Å². The monoisotopic (exact) mass is 279 g/mol. The number of aryl methyl sites for hydroxylation is 1. The third-order valence-electron chi connectivity index (χ3n) is 3.48. The number of hydrogen-bond donors (Lipinski definition) is 1. The van der Waals surface area contributed by atoms with E-state index in [0.717, 1.165) is 6.42 Å². The van der Waals surface area contributed by atoms with Gasteiger partial charge >= 0.3 is 5.97 Å². The molecule has 1 aromatic carbocycles. The molecular weight excluding hydrogens is 261 g/mol. The van der Waals surface area contributed by atoms with E-state index in [0.29, 0.717) is 17.0 Å². The highest BCUT2D eigenvalue weighted by atomic mass is 19.1. The zero-order valence-electron chi connectivity index (χ0n) is 11.6. The lowest BCUT2D eigenvalue weighted by Gasteiger charge is -2.07. The van der Waals surface area contributed by atoms with Gasteiger partial charge in [0.05, 0.1) is 5.92 Å². The Hall–Kier alpha value is -1.91. The van der Waals surface area contributed by atoms with Crippen LogP contribution in [0.2, 0.25) is 0 Å². The lowest BCUT2D eigenvalue weighted by atomic mass is 10.1. The van der Waals surface area contributed by atoms with Crippen molar-refractivity contribution in [2.24, 2.45) is 11.8 Å². The van der Waals surface area contributed by atoms with Crippen LogP contribution in [0.5, 0.6) is 0 Å². The zero-order chi connectivity index (χ0) is 14.7. The quantitative estimate of drug-likeness (QED) is 0.838. The van der Waals surface area contributed by atoms with Crippen LogP contribution in [0.3, 0.4) is 0 Å². The van der Waals surface area contributed by atoms with E-state index >= 15 is 0 Å². The molecule has 0 aliphatic heterocycles. The van der Waals surface area contributed by atoms with Gasteiger partial charge in [-0.05, 0) is 36.5 Å². The van der Waals surface area contributed by atoms with Crippen LogP contribution >= 0.6 is 0 Å². The highest BCUT2D eigenvalue weighted by Crippen LogP contribution is 2.38. The lowest BCUT2D eigenvalue weighted by molar-refractivity contribution is -0.150. The molecule has 0 spiro atoms. The summed E-state index contributed by atoms with van der Waals surface area (Å²) in [6.07, 6.45) is 0.836. The number of amides is 1. The van der Waals surface area contributed by atoms with Crippen LogP contribution in [0.4, 0.5) is 4.39 Å². The predicted molar refractivity (Wildman–Crippen MR) is 71.2 cm³/mol. The first kappa shape index (κ1) is 14.5. The largest absolute Gasteiger partial charge is 0.455 e. The van der Waals surface area contributed by atoms with Crippen molar-refractivity contribution in [3.05, 3.63) is 35.1 Å². The third-order valence-corrected chi connectivity index (χ3v) is 3.48. The summed E-state index contributed by atoms with van der Waals surface area (Å²) < 4.78 is 18.2. The van der Waals surface area contributed by atoms with Gasteiger partial charge in [0.2, 0.25) is 0 Å². The van der Waals surface area contributed by atoms with E-state index in [1.165, 1.54) is 6.07 Å². The minimum atomic E-state index is -0.382. The van der Waals surface area contributed by atoms with E-state index in [1.807, 2.05) is 6.92 Å². The van der Waals surface area contributed by atoms with Gasteiger partial charge in [-0.3, -0.25) is 9.59 Å². The van der Waals surface area contributed by atoms with Gasteiger partial charge < -0.3 is 10.1 Å². The molecule has 0 heterocycles. The van der Waals surface area contributed by atoms with Crippen LogP contribution in [0.25, 0.3) is 0 Å². The van der Waals surface area contributed by atoms with E-state index in [-0.39, 0.29) is 36.8 Å². The number of carbonyl (C=O) groups is 2. The smallest absolute Gasteiger partial charge is 0.309 e. The topological polar surface area (TPSA) is 55.4 Å². The van der Waals surface area contributed by atoms with Crippen LogP contribution < -0.4 is 5.32 Å². The number of carbonyl (C=O) groups excluding carboxylic acids is 2. The number of hydrogen-bond acceptors (Lipinski definition) is 3. The number of ether oxygens (including phenoxy) is 1. The van der Waals surface area contributed by atoms with Gasteiger partial charge in [-0.1, -0.05) is 19.1 Å². The Bertz CT molecular complexity index is 530. The molecule has 1 aliphatic rings. The van der Waals surface area contributed by atoms with Crippen LogP contribution in [0.1, 0.15) is 24.5 Å². The van der Waals surface area contributed by atoms with Crippen molar-refractivity contribution in [3.8, 4) is 0 Å². The second kappa shape index (κ2) is 6.03. The van der Waals surface area contributed by atoms with Crippen molar-refractivity contribution in [3.63, 3.8) is 0 Å². The maximum absolute atomic E-state index is 13.3. The minimum absolute atomic E-state index is 0.0472. The highest BCUT2D eigenvalue weighted by molar-refractivity contribution is 5.82. The molecule has 0 saturated heterocycles. The van der Waals surface area contributed by atoms with E-state index in [2.05, 4.69) is 5.32 Å². The number of rotatable bonds is 5. The van der Waals surface area contributed by atoms with Gasteiger partial charge in [0, 0.05) is 6.54 Å². The van der Waals surface area contributed by atoms with Crippen LogP contribution in [0.15, 0.2) is 18.2 Å². The summed E-state index contributed by atoms with van der Waals surface area (Å²) >= 11 is 0. The summed E-state index contributed by atoms with van der Waals surface area (Å²) in [7, 11) is 0. The van der Waals surface area contributed by atoms with Crippen LogP contribution in [-0.2, 0) is 20.9 Å². The van der Waals surface area contributed by atoms with Crippen molar-refractivity contribution in [1.82, 2.24) is 5.32 Å². The first-order valence-electron chi connectivity index (χ1n) is 6.65. The first-order chi connectivity index (χ1) is 9.47. The molecule has 108 valence electrons. The van der Waals surface area contributed by atoms with Gasteiger partial charge in [0.25, 0.3) is 5.91 Å².